The molecule has 1 aliphatic heterocycles. The first-order valence-electron chi connectivity index (χ1n) is 7.53. The van der Waals surface area contributed by atoms with Crippen LogP contribution in [0.4, 0.5) is 0 Å². The first-order valence-corrected chi connectivity index (χ1v) is 7.53. The van der Waals surface area contributed by atoms with Crippen LogP contribution in [0.2, 0.25) is 0 Å². The van der Waals surface area contributed by atoms with E-state index in [1.807, 2.05) is 18.5 Å². The Morgan fingerprint density at radius 2 is 2.14 bits per heavy atom. The van der Waals surface area contributed by atoms with Crippen LogP contribution in [-0.4, -0.2) is 17.1 Å². The van der Waals surface area contributed by atoms with Gasteiger partial charge in [-0.2, -0.15) is 0 Å². The van der Waals surface area contributed by atoms with Crippen LogP contribution in [0.3, 0.4) is 0 Å². The Kier molecular flexibility index (Phi) is 3.93. The van der Waals surface area contributed by atoms with E-state index >= 15 is 0 Å². The summed E-state index contributed by atoms with van der Waals surface area (Å²) in [5.74, 6) is 1.04. The van der Waals surface area contributed by atoms with Gasteiger partial charge in [-0.15, -0.1) is 0 Å². The van der Waals surface area contributed by atoms with Crippen molar-refractivity contribution in [2.24, 2.45) is 0 Å². The standard InChI is InChI=1S/C18H22N2O/c1-18(2)11-16-10-15(5-6-17(16)21-18)13-20-9-7-14-4-3-8-19-12-14/h3-6,8,10,12,20H,7,9,11,13H2,1-2H3. The maximum absolute atomic E-state index is 5.91. The van der Waals surface area contributed by atoms with Crippen LogP contribution in [0.5, 0.6) is 5.75 Å². The third-order valence-corrected chi connectivity index (χ3v) is 3.77. The molecule has 0 amide bonds. The summed E-state index contributed by atoms with van der Waals surface area (Å²) in [7, 11) is 0. The lowest BCUT2D eigenvalue weighted by Crippen LogP contribution is -2.24. The topological polar surface area (TPSA) is 34.2 Å². The summed E-state index contributed by atoms with van der Waals surface area (Å²) in [6.07, 6.45) is 5.74. The molecule has 110 valence electrons. The quantitative estimate of drug-likeness (QED) is 0.856. The average Bonchev–Trinajstić information content (AvgIpc) is 2.78. The Morgan fingerprint density at radius 1 is 1.24 bits per heavy atom. The fraction of sp³-hybridized carbons (Fsp3) is 0.389. The molecule has 1 N–H and O–H groups in total. The number of hydrogen-bond acceptors (Lipinski definition) is 3. The Hall–Kier alpha value is -1.87. The van der Waals surface area contributed by atoms with Crippen LogP contribution in [0.15, 0.2) is 42.7 Å². The molecule has 0 unspecified atom stereocenters. The summed E-state index contributed by atoms with van der Waals surface area (Å²) < 4.78 is 5.91. The second kappa shape index (κ2) is 5.86. The van der Waals surface area contributed by atoms with Gasteiger partial charge in [0.25, 0.3) is 0 Å². The first kappa shape index (κ1) is 14.1. The fourth-order valence-electron chi connectivity index (χ4n) is 2.78. The Balaban J connectivity index is 1.51. The van der Waals surface area contributed by atoms with Crippen molar-refractivity contribution in [2.45, 2.75) is 38.8 Å². The van der Waals surface area contributed by atoms with Crippen molar-refractivity contribution in [3.63, 3.8) is 0 Å². The van der Waals surface area contributed by atoms with E-state index in [4.69, 9.17) is 4.74 Å². The molecule has 2 heterocycles. The molecule has 2 aromatic rings. The molecule has 1 aliphatic rings. The van der Waals surface area contributed by atoms with E-state index in [0.29, 0.717) is 0 Å². The molecule has 3 nitrogen and oxygen atoms in total. The molecule has 0 saturated carbocycles. The van der Waals surface area contributed by atoms with Crippen molar-refractivity contribution in [3.05, 3.63) is 59.4 Å². The zero-order valence-corrected chi connectivity index (χ0v) is 12.7. The minimum atomic E-state index is -0.0608. The number of benzene rings is 1. The van der Waals surface area contributed by atoms with Crippen LogP contribution >= 0.6 is 0 Å². The zero-order valence-electron chi connectivity index (χ0n) is 12.7. The van der Waals surface area contributed by atoms with Crippen molar-refractivity contribution in [3.8, 4) is 5.75 Å². The van der Waals surface area contributed by atoms with Gasteiger partial charge < -0.3 is 10.1 Å². The summed E-state index contributed by atoms with van der Waals surface area (Å²) in [5, 5.41) is 3.49. The van der Waals surface area contributed by atoms with Gasteiger partial charge in [0.2, 0.25) is 0 Å². The lowest BCUT2D eigenvalue weighted by atomic mass is 10.0. The van der Waals surface area contributed by atoms with Gasteiger partial charge in [0.1, 0.15) is 11.4 Å². The summed E-state index contributed by atoms with van der Waals surface area (Å²) in [6, 6.07) is 10.6. The highest BCUT2D eigenvalue weighted by atomic mass is 16.5. The molecule has 1 aromatic carbocycles. The number of fused-ring (bicyclic) bond motifs is 1. The molecule has 0 saturated heterocycles. The molecule has 0 fully saturated rings. The Labute approximate surface area is 126 Å². The van der Waals surface area contributed by atoms with E-state index in [1.54, 1.807) is 0 Å². The number of pyridine rings is 1. The molecule has 3 rings (SSSR count). The van der Waals surface area contributed by atoms with Crippen molar-refractivity contribution in [1.82, 2.24) is 10.3 Å². The van der Waals surface area contributed by atoms with Crippen LogP contribution < -0.4 is 10.1 Å². The maximum Gasteiger partial charge on any atom is 0.123 e. The van der Waals surface area contributed by atoms with Gasteiger partial charge in [0.05, 0.1) is 0 Å². The molecule has 0 spiro atoms. The summed E-state index contributed by atoms with van der Waals surface area (Å²) in [6.45, 7) is 6.14. The largest absolute Gasteiger partial charge is 0.487 e. The van der Waals surface area contributed by atoms with Crippen molar-refractivity contribution in [1.29, 1.82) is 0 Å². The molecular weight excluding hydrogens is 260 g/mol. The summed E-state index contributed by atoms with van der Waals surface area (Å²) in [4.78, 5) is 4.13. The summed E-state index contributed by atoms with van der Waals surface area (Å²) in [5.41, 5.74) is 3.86. The number of ether oxygens (including phenoxy) is 1. The molecule has 0 radical (unpaired) electrons. The Morgan fingerprint density at radius 3 is 2.95 bits per heavy atom. The third kappa shape index (κ3) is 3.61. The minimum Gasteiger partial charge on any atom is -0.487 e. The van der Waals surface area contributed by atoms with Gasteiger partial charge in [-0.25, -0.2) is 0 Å². The lowest BCUT2D eigenvalue weighted by molar-refractivity contribution is 0.138. The van der Waals surface area contributed by atoms with Crippen LogP contribution in [0.1, 0.15) is 30.5 Å². The highest BCUT2D eigenvalue weighted by Crippen LogP contribution is 2.35. The molecule has 1 aromatic heterocycles. The SMILES string of the molecule is CC1(C)Cc2cc(CNCCc3cccnc3)ccc2O1. The molecule has 0 aliphatic carbocycles. The van der Waals surface area contributed by atoms with Crippen molar-refractivity contribution < 1.29 is 4.74 Å². The highest BCUT2D eigenvalue weighted by molar-refractivity contribution is 5.41. The van der Waals surface area contributed by atoms with Crippen molar-refractivity contribution >= 4 is 0 Å². The number of nitrogens with zero attached hydrogens (tertiary/aromatic N) is 1. The van der Waals surface area contributed by atoms with Crippen LogP contribution in [0, 0.1) is 0 Å². The normalized spacial score (nSPS) is 15.5. The number of hydrogen-bond donors (Lipinski definition) is 1. The molecular formula is C18H22N2O. The fourth-order valence-corrected chi connectivity index (χ4v) is 2.78. The first-order chi connectivity index (χ1) is 10.1. The highest BCUT2D eigenvalue weighted by Gasteiger charge is 2.29. The monoisotopic (exact) mass is 282 g/mol. The predicted octanol–water partition coefficient (Wildman–Crippen LogP) is 3.13. The predicted molar refractivity (Wildman–Crippen MR) is 84.5 cm³/mol. The van der Waals surface area contributed by atoms with E-state index in [1.165, 1.54) is 16.7 Å². The van der Waals surface area contributed by atoms with Crippen LogP contribution in [0.25, 0.3) is 0 Å². The zero-order chi connectivity index (χ0) is 14.7. The smallest absolute Gasteiger partial charge is 0.123 e. The molecule has 3 heteroatoms. The van der Waals surface area contributed by atoms with Crippen molar-refractivity contribution in [2.75, 3.05) is 6.54 Å². The molecule has 21 heavy (non-hydrogen) atoms. The molecule has 0 atom stereocenters. The molecule has 0 bridgehead atoms. The van der Waals surface area contributed by atoms with Gasteiger partial charge in [0, 0.05) is 25.4 Å². The van der Waals surface area contributed by atoms with E-state index in [9.17, 15) is 0 Å². The number of nitrogens with one attached hydrogen (secondary N) is 1. The maximum atomic E-state index is 5.91. The van der Waals surface area contributed by atoms with Gasteiger partial charge in [-0.05, 0) is 55.6 Å². The van der Waals surface area contributed by atoms with E-state index in [0.717, 1.165) is 31.7 Å². The Bertz CT molecular complexity index is 608. The summed E-state index contributed by atoms with van der Waals surface area (Å²) >= 11 is 0. The third-order valence-electron chi connectivity index (χ3n) is 3.77. The van der Waals surface area contributed by atoms with E-state index in [-0.39, 0.29) is 5.60 Å². The number of rotatable bonds is 5. The van der Waals surface area contributed by atoms with Gasteiger partial charge in [-0.3, -0.25) is 4.98 Å². The lowest BCUT2D eigenvalue weighted by Gasteiger charge is -2.16. The van der Waals surface area contributed by atoms with Crippen LogP contribution in [-0.2, 0) is 19.4 Å². The van der Waals surface area contributed by atoms with E-state index < -0.39 is 0 Å². The number of aromatic nitrogens is 1. The average molecular weight is 282 g/mol. The van der Waals surface area contributed by atoms with Gasteiger partial charge >= 0.3 is 0 Å². The second-order valence-electron chi connectivity index (χ2n) is 6.27. The van der Waals surface area contributed by atoms with E-state index in [2.05, 4.69) is 48.4 Å². The van der Waals surface area contributed by atoms with Gasteiger partial charge in [-0.1, -0.05) is 18.2 Å². The minimum absolute atomic E-state index is 0.0608. The van der Waals surface area contributed by atoms with Gasteiger partial charge in [0.15, 0.2) is 0 Å². The second-order valence-corrected chi connectivity index (χ2v) is 6.27.